The Morgan fingerprint density at radius 2 is 2.00 bits per heavy atom. The summed E-state index contributed by atoms with van der Waals surface area (Å²) in [5.41, 5.74) is 9.27. The van der Waals surface area contributed by atoms with E-state index in [0.29, 0.717) is 18.4 Å². The van der Waals surface area contributed by atoms with E-state index in [1.54, 1.807) is 6.20 Å². The summed E-state index contributed by atoms with van der Waals surface area (Å²) in [7, 11) is 3.93. The van der Waals surface area contributed by atoms with Gasteiger partial charge in [-0.1, -0.05) is 32.0 Å². The van der Waals surface area contributed by atoms with Crippen LogP contribution in [0.15, 0.2) is 47.6 Å². The van der Waals surface area contributed by atoms with Crippen LogP contribution in [0.3, 0.4) is 0 Å². The number of benzene rings is 1. The van der Waals surface area contributed by atoms with Gasteiger partial charge in [0.1, 0.15) is 5.82 Å². The molecule has 5 nitrogen and oxygen atoms in total. The van der Waals surface area contributed by atoms with E-state index < -0.39 is 0 Å². The number of guanidine groups is 1. The number of rotatable bonds is 5. The predicted octanol–water partition coefficient (Wildman–Crippen LogP) is 3.82. The Labute approximate surface area is 161 Å². The largest absolute Gasteiger partial charge is 0.370 e. The summed E-state index contributed by atoms with van der Waals surface area (Å²) in [5, 5.41) is 3.15. The van der Waals surface area contributed by atoms with Crippen LogP contribution in [0.4, 0.5) is 11.5 Å². The van der Waals surface area contributed by atoms with E-state index in [-0.39, 0.29) is 24.0 Å². The normalized spacial score (nSPS) is 11.1. The van der Waals surface area contributed by atoms with Gasteiger partial charge in [0.2, 0.25) is 0 Å². The first-order chi connectivity index (χ1) is 11.0. The lowest BCUT2D eigenvalue weighted by atomic mass is 10.0. The molecule has 2 rings (SSSR count). The number of hydrogen-bond acceptors (Lipinski definition) is 3. The zero-order chi connectivity index (χ0) is 16.8. The first-order valence-electron chi connectivity index (χ1n) is 7.75. The monoisotopic (exact) mass is 439 g/mol. The van der Waals surface area contributed by atoms with Gasteiger partial charge < -0.3 is 16.0 Å². The number of nitrogens with zero attached hydrogens (tertiary/aromatic N) is 3. The molecule has 24 heavy (non-hydrogen) atoms. The molecular formula is C18H26IN5. The molecule has 0 bridgehead atoms. The van der Waals surface area contributed by atoms with Gasteiger partial charge in [0.15, 0.2) is 5.96 Å². The summed E-state index contributed by atoms with van der Waals surface area (Å²) < 4.78 is 0. The van der Waals surface area contributed by atoms with E-state index in [2.05, 4.69) is 41.3 Å². The van der Waals surface area contributed by atoms with Crippen LogP contribution in [0.1, 0.15) is 30.9 Å². The van der Waals surface area contributed by atoms with Gasteiger partial charge in [-0.15, -0.1) is 24.0 Å². The fraction of sp³-hybridized carbons (Fsp3) is 0.333. The Bertz CT molecular complexity index is 683. The summed E-state index contributed by atoms with van der Waals surface area (Å²) >= 11 is 0. The van der Waals surface area contributed by atoms with Crippen LogP contribution in [-0.2, 0) is 6.54 Å². The number of anilines is 2. The zero-order valence-corrected chi connectivity index (χ0v) is 17.0. The van der Waals surface area contributed by atoms with E-state index >= 15 is 0 Å². The molecule has 0 saturated carbocycles. The third kappa shape index (κ3) is 5.67. The van der Waals surface area contributed by atoms with Crippen molar-refractivity contribution in [1.82, 2.24) is 4.98 Å². The van der Waals surface area contributed by atoms with E-state index in [9.17, 15) is 0 Å². The van der Waals surface area contributed by atoms with Gasteiger partial charge in [-0.2, -0.15) is 0 Å². The summed E-state index contributed by atoms with van der Waals surface area (Å²) in [5.74, 6) is 1.79. The molecule has 6 heteroatoms. The third-order valence-corrected chi connectivity index (χ3v) is 3.54. The molecule has 0 radical (unpaired) electrons. The van der Waals surface area contributed by atoms with Crippen LogP contribution in [0, 0.1) is 0 Å². The quantitative estimate of drug-likeness (QED) is 0.423. The molecule has 1 heterocycles. The van der Waals surface area contributed by atoms with Crippen LogP contribution in [0.5, 0.6) is 0 Å². The molecule has 0 aliphatic heterocycles. The SMILES string of the molecule is CC(C)c1cccc(NC(N)=NCc2cccnc2N(C)C)c1.I. The van der Waals surface area contributed by atoms with Crippen LogP contribution >= 0.6 is 24.0 Å². The van der Waals surface area contributed by atoms with Crippen molar-refractivity contribution in [2.75, 3.05) is 24.3 Å². The molecule has 3 N–H and O–H groups in total. The maximum Gasteiger partial charge on any atom is 0.193 e. The fourth-order valence-electron chi connectivity index (χ4n) is 2.29. The Hall–Kier alpha value is -1.83. The van der Waals surface area contributed by atoms with Gasteiger partial charge in [0, 0.05) is 31.5 Å². The summed E-state index contributed by atoms with van der Waals surface area (Å²) in [6.07, 6.45) is 1.78. The van der Waals surface area contributed by atoms with Crippen LogP contribution in [0.2, 0.25) is 0 Å². The number of nitrogens with two attached hydrogens (primary N) is 1. The average molecular weight is 439 g/mol. The van der Waals surface area contributed by atoms with Crippen LogP contribution < -0.4 is 16.0 Å². The Balaban J connectivity index is 0.00000288. The number of aliphatic imine (C=N–C) groups is 1. The van der Waals surface area contributed by atoms with Crippen molar-refractivity contribution in [3.05, 3.63) is 53.7 Å². The van der Waals surface area contributed by atoms with Gasteiger partial charge in [0.25, 0.3) is 0 Å². The minimum Gasteiger partial charge on any atom is -0.370 e. The Morgan fingerprint density at radius 3 is 2.67 bits per heavy atom. The lowest BCUT2D eigenvalue weighted by Gasteiger charge is -2.15. The highest BCUT2D eigenvalue weighted by Gasteiger charge is 2.05. The van der Waals surface area contributed by atoms with Gasteiger partial charge in [0.05, 0.1) is 6.54 Å². The summed E-state index contributed by atoms with van der Waals surface area (Å²) in [4.78, 5) is 10.8. The molecule has 0 unspecified atom stereocenters. The maximum atomic E-state index is 6.01. The second-order valence-electron chi connectivity index (χ2n) is 5.99. The fourth-order valence-corrected chi connectivity index (χ4v) is 2.29. The number of hydrogen-bond donors (Lipinski definition) is 2. The van der Waals surface area contributed by atoms with E-state index in [1.165, 1.54) is 5.56 Å². The van der Waals surface area contributed by atoms with Crippen LogP contribution in [-0.4, -0.2) is 25.0 Å². The molecule has 0 spiro atoms. The third-order valence-electron chi connectivity index (χ3n) is 3.54. The molecule has 0 aliphatic rings. The second kappa shape index (κ2) is 9.46. The lowest BCUT2D eigenvalue weighted by Crippen LogP contribution is -2.23. The van der Waals surface area contributed by atoms with E-state index in [0.717, 1.165) is 17.1 Å². The number of nitrogens with one attached hydrogen (secondary N) is 1. The average Bonchev–Trinajstić information content (AvgIpc) is 2.53. The van der Waals surface area contributed by atoms with Crippen molar-refractivity contribution in [3.8, 4) is 0 Å². The van der Waals surface area contributed by atoms with E-state index in [1.807, 2.05) is 43.3 Å². The molecule has 130 valence electrons. The molecule has 0 aliphatic carbocycles. The highest BCUT2D eigenvalue weighted by molar-refractivity contribution is 14.0. The predicted molar refractivity (Wildman–Crippen MR) is 113 cm³/mol. The van der Waals surface area contributed by atoms with Crippen LogP contribution in [0.25, 0.3) is 0 Å². The Kier molecular flexibility index (Phi) is 7.97. The van der Waals surface area contributed by atoms with Crippen molar-refractivity contribution in [2.24, 2.45) is 10.7 Å². The van der Waals surface area contributed by atoms with Crippen molar-refractivity contribution < 1.29 is 0 Å². The van der Waals surface area contributed by atoms with Gasteiger partial charge in [-0.05, 0) is 29.7 Å². The van der Waals surface area contributed by atoms with Gasteiger partial charge in [-0.25, -0.2) is 9.98 Å². The van der Waals surface area contributed by atoms with E-state index in [4.69, 9.17) is 5.73 Å². The van der Waals surface area contributed by atoms with Gasteiger partial charge in [-0.3, -0.25) is 0 Å². The van der Waals surface area contributed by atoms with Gasteiger partial charge >= 0.3 is 0 Å². The molecule has 0 saturated heterocycles. The standard InChI is InChI=1S/C18H25N5.HI/c1-13(2)14-7-5-9-16(11-14)22-18(19)21-12-15-8-6-10-20-17(15)23(3)4;/h5-11,13H,12H2,1-4H3,(H3,19,21,22);1H. The number of aromatic nitrogens is 1. The molecule has 0 fully saturated rings. The highest BCUT2D eigenvalue weighted by atomic mass is 127. The Morgan fingerprint density at radius 1 is 1.25 bits per heavy atom. The van der Waals surface area contributed by atoms with Crippen molar-refractivity contribution in [3.63, 3.8) is 0 Å². The summed E-state index contributed by atoms with van der Waals surface area (Å²) in [6, 6.07) is 12.1. The molecule has 1 aromatic heterocycles. The molecule has 0 amide bonds. The molecule has 0 atom stereocenters. The minimum absolute atomic E-state index is 0. The first kappa shape index (κ1) is 20.2. The van der Waals surface area contributed by atoms with Crippen molar-refractivity contribution >= 4 is 41.4 Å². The molecular weight excluding hydrogens is 413 g/mol. The topological polar surface area (TPSA) is 66.5 Å². The molecule has 2 aromatic rings. The second-order valence-corrected chi connectivity index (χ2v) is 5.99. The smallest absolute Gasteiger partial charge is 0.193 e. The van der Waals surface area contributed by atoms with Crippen molar-refractivity contribution in [2.45, 2.75) is 26.3 Å². The highest BCUT2D eigenvalue weighted by Crippen LogP contribution is 2.19. The van der Waals surface area contributed by atoms with Crippen molar-refractivity contribution in [1.29, 1.82) is 0 Å². The lowest BCUT2D eigenvalue weighted by molar-refractivity contribution is 0.867. The summed E-state index contributed by atoms with van der Waals surface area (Å²) in [6.45, 7) is 4.83. The number of halogens is 1. The zero-order valence-electron chi connectivity index (χ0n) is 14.7. The molecule has 1 aromatic carbocycles. The minimum atomic E-state index is 0. The number of pyridine rings is 1. The first-order valence-corrected chi connectivity index (χ1v) is 7.75. The maximum absolute atomic E-state index is 6.01.